The Morgan fingerprint density at radius 3 is 2.62 bits per heavy atom. The highest BCUT2D eigenvalue weighted by molar-refractivity contribution is 7.07. The van der Waals surface area contributed by atoms with Crippen LogP contribution >= 0.6 is 11.3 Å². The SMILES string of the molecule is c1cc(C2CC3CCC(C2)N3)cs1. The van der Waals surface area contributed by atoms with Crippen molar-refractivity contribution in [2.75, 3.05) is 0 Å². The Bertz CT molecular complexity index is 268. The summed E-state index contributed by atoms with van der Waals surface area (Å²) in [6, 6.07) is 3.95. The van der Waals surface area contributed by atoms with Crippen molar-refractivity contribution in [3.63, 3.8) is 0 Å². The second-order valence-electron chi connectivity index (χ2n) is 4.36. The molecule has 0 spiro atoms. The van der Waals surface area contributed by atoms with Gasteiger partial charge in [-0.15, -0.1) is 0 Å². The lowest BCUT2D eigenvalue weighted by atomic mass is 9.88. The minimum atomic E-state index is 0.823. The molecule has 3 heterocycles. The third-order valence-electron chi connectivity index (χ3n) is 3.49. The molecule has 0 aliphatic carbocycles. The summed E-state index contributed by atoms with van der Waals surface area (Å²) in [5.41, 5.74) is 1.59. The normalized spacial score (nSPS) is 38.0. The van der Waals surface area contributed by atoms with E-state index in [1.54, 1.807) is 5.56 Å². The molecule has 1 N–H and O–H groups in total. The molecule has 2 heteroatoms. The van der Waals surface area contributed by atoms with Crippen molar-refractivity contribution in [1.82, 2.24) is 5.32 Å². The van der Waals surface area contributed by atoms with Gasteiger partial charge in [0.05, 0.1) is 0 Å². The zero-order chi connectivity index (χ0) is 8.67. The van der Waals surface area contributed by atoms with Crippen molar-refractivity contribution in [2.45, 2.75) is 43.7 Å². The Morgan fingerprint density at radius 2 is 2.00 bits per heavy atom. The van der Waals surface area contributed by atoms with Gasteiger partial charge in [0.15, 0.2) is 0 Å². The molecule has 13 heavy (non-hydrogen) atoms. The molecule has 2 saturated heterocycles. The minimum Gasteiger partial charge on any atom is -0.311 e. The van der Waals surface area contributed by atoms with Gasteiger partial charge < -0.3 is 5.32 Å². The van der Waals surface area contributed by atoms with Gasteiger partial charge >= 0.3 is 0 Å². The van der Waals surface area contributed by atoms with Crippen molar-refractivity contribution in [2.24, 2.45) is 0 Å². The summed E-state index contributed by atoms with van der Waals surface area (Å²) in [7, 11) is 0. The molecular formula is C11H15NS. The van der Waals surface area contributed by atoms with Gasteiger partial charge in [0.2, 0.25) is 0 Å². The Balaban J connectivity index is 1.80. The highest BCUT2D eigenvalue weighted by Gasteiger charge is 2.33. The zero-order valence-electron chi connectivity index (χ0n) is 7.70. The summed E-state index contributed by atoms with van der Waals surface area (Å²) >= 11 is 1.84. The fraction of sp³-hybridized carbons (Fsp3) is 0.636. The maximum absolute atomic E-state index is 3.69. The topological polar surface area (TPSA) is 12.0 Å². The van der Waals surface area contributed by atoms with Crippen LogP contribution in [0.15, 0.2) is 16.8 Å². The Hall–Kier alpha value is -0.340. The van der Waals surface area contributed by atoms with E-state index in [-0.39, 0.29) is 0 Å². The average molecular weight is 193 g/mol. The third kappa shape index (κ3) is 1.42. The molecule has 2 atom stereocenters. The van der Waals surface area contributed by atoms with Gasteiger partial charge in [-0.3, -0.25) is 0 Å². The number of hydrogen-bond donors (Lipinski definition) is 1. The molecular weight excluding hydrogens is 178 g/mol. The van der Waals surface area contributed by atoms with Gasteiger partial charge in [0, 0.05) is 12.1 Å². The first-order valence-corrected chi connectivity index (χ1v) is 6.14. The van der Waals surface area contributed by atoms with Gasteiger partial charge in [-0.1, -0.05) is 0 Å². The van der Waals surface area contributed by atoms with E-state index in [9.17, 15) is 0 Å². The van der Waals surface area contributed by atoms with Gasteiger partial charge in [0.1, 0.15) is 0 Å². The van der Waals surface area contributed by atoms with Crippen molar-refractivity contribution >= 4 is 11.3 Å². The summed E-state index contributed by atoms with van der Waals surface area (Å²) < 4.78 is 0. The maximum Gasteiger partial charge on any atom is 0.00760 e. The van der Waals surface area contributed by atoms with E-state index in [4.69, 9.17) is 0 Å². The number of thiophene rings is 1. The molecule has 1 aromatic heterocycles. The molecule has 0 saturated carbocycles. The molecule has 0 amide bonds. The Kier molecular flexibility index (Phi) is 1.91. The molecule has 1 aromatic rings. The van der Waals surface area contributed by atoms with Crippen LogP contribution in [0.3, 0.4) is 0 Å². The number of rotatable bonds is 1. The van der Waals surface area contributed by atoms with Crippen molar-refractivity contribution in [1.29, 1.82) is 0 Å². The first-order chi connectivity index (χ1) is 6.42. The molecule has 1 nitrogen and oxygen atoms in total. The lowest BCUT2D eigenvalue weighted by molar-refractivity contribution is 0.364. The molecule has 2 aliphatic rings. The fourth-order valence-electron chi connectivity index (χ4n) is 2.84. The number of piperidine rings is 1. The average Bonchev–Trinajstić information content (AvgIpc) is 2.75. The van der Waals surface area contributed by atoms with Gasteiger partial charge in [-0.05, 0) is 54.0 Å². The molecule has 2 bridgehead atoms. The smallest absolute Gasteiger partial charge is 0.00760 e. The summed E-state index contributed by atoms with van der Waals surface area (Å²) in [6.07, 6.45) is 5.55. The van der Waals surface area contributed by atoms with E-state index in [0.29, 0.717) is 0 Å². The van der Waals surface area contributed by atoms with Gasteiger partial charge in [-0.25, -0.2) is 0 Å². The monoisotopic (exact) mass is 193 g/mol. The summed E-state index contributed by atoms with van der Waals surface area (Å²) in [4.78, 5) is 0. The van der Waals surface area contributed by atoms with Crippen molar-refractivity contribution in [3.8, 4) is 0 Å². The van der Waals surface area contributed by atoms with Gasteiger partial charge in [0.25, 0.3) is 0 Å². The molecule has 0 aromatic carbocycles. The van der Waals surface area contributed by atoms with E-state index in [1.807, 2.05) is 11.3 Å². The minimum absolute atomic E-state index is 0.823. The number of nitrogens with one attached hydrogen (secondary N) is 1. The maximum atomic E-state index is 3.69. The zero-order valence-corrected chi connectivity index (χ0v) is 8.52. The predicted octanol–water partition coefficient (Wildman–Crippen LogP) is 2.75. The fourth-order valence-corrected chi connectivity index (χ4v) is 3.58. The molecule has 2 fully saturated rings. The molecule has 2 aliphatic heterocycles. The van der Waals surface area contributed by atoms with Crippen LogP contribution < -0.4 is 5.32 Å². The quantitative estimate of drug-likeness (QED) is 0.723. The lowest BCUT2D eigenvalue weighted by Crippen LogP contribution is -2.37. The van der Waals surface area contributed by atoms with E-state index in [0.717, 1.165) is 18.0 Å². The van der Waals surface area contributed by atoms with Crippen LogP contribution in [0.5, 0.6) is 0 Å². The van der Waals surface area contributed by atoms with E-state index in [2.05, 4.69) is 22.1 Å². The van der Waals surface area contributed by atoms with Gasteiger partial charge in [-0.2, -0.15) is 11.3 Å². The standard InChI is InChI=1S/C11H15NS/c1-2-11-6-9(5-10(1)12-11)8-3-4-13-7-8/h3-4,7,9-12H,1-2,5-6H2. The summed E-state index contributed by atoms with van der Waals surface area (Å²) in [5, 5.41) is 8.22. The van der Waals surface area contributed by atoms with Crippen molar-refractivity contribution in [3.05, 3.63) is 22.4 Å². The van der Waals surface area contributed by atoms with Crippen LogP contribution in [0.1, 0.15) is 37.2 Å². The van der Waals surface area contributed by atoms with Crippen LogP contribution in [0.25, 0.3) is 0 Å². The van der Waals surface area contributed by atoms with Crippen LogP contribution in [0.4, 0.5) is 0 Å². The Morgan fingerprint density at radius 1 is 1.23 bits per heavy atom. The summed E-state index contributed by atoms with van der Waals surface area (Å²) in [5.74, 6) is 0.852. The van der Waals surface area contributed by atoms with Crippen LogP contribution in [-0.4, -0.2) is 12.1 Å². The second-order valence-corrected chi connectivity index (χ2v) is 5.14. The highest BCUT2D eigenvalue weighted by Crippen LogP contribution is 2.37. The highest BCUT2D eigenvalue weighted by atomic mass is 32.1. The molecule has 0 radical (unpaired) electrons. The van der Waals surface area contributed by atoms with Crippen molar-refractivity contribution < 1.29 is 0 Å². The Labute approximate surface area is 83.2 Å². The molecule has 2 unspecified atom stereocenters. The first-order valence-electron chi connectivity index (χ1n) is 5.20. The van der Waals surface area contributed by atoms with E-state index < -0.39 is 0 Å². The second kappa shape index (κ2) is 3.10. The number of hydrogen-bond acceptors (Lipinski definition) is 2. The van der Waals surface area contributed by atoms with Crippen LogP contribution in [0.2, 0.25) is 0 Å². The summed E-state index contributed by atoms with van der Waals surface area (Å²) in [6.45, 7) is 0. The van der Waals surface area contributed by atoms with Crippen LogP contribution in [0, 0.1) is 0 Å². The number of fused-ring (bicyclic) bond motifs is 2. The molecule has 70 valence electrons. The van der Waals surface area contributed by atoms with Crippen LogP contribution in [-0.2, 0) is 0 Å². The lowest BCUT2D eigenvalue weighted by Gasteiger charge is -2.28. The largest absolute Gasteiger partial charge is 0.311 e. The third-order valence-corrected chi connectivity index (χ3v) is 4.19. The molecule has 3 rings (SSSR count). The predicted molar refractivity (Wildman–Crippen MR) is 56.2 cm³/mol. The van der Waals surface area contributed by atoms with E-state index >= 15 is 0 Å². The van der Waals surface area contributed by atoms with E-state index in [1.165, 1.54) is 25.7 Å². The first kappa shape index (κ1) is 8.01.